The van der Waals surface area contributed by atoms with Gasteiger partial charge in [-0.05, 0) is 67.7 Å². The third-order valence-electron chi connectivity index (χ3n) is 5.78. The minimum absolute atomic E-state index is 0.0253. The minimum atomic E-state index is -0.219. The molecule has 1 aromatic rings. The van der Waals surface area contributed by atoms with Crippen LogP contribution in [0.1, 0.15) is 82.5 Å². The van der Waals surface area contributed by atoms with Gasteiger partial charge in [0.2, 0.25) is 0 Å². The quantitative estimate of drug-likeness (QED) is 0.540. The smallest absolute Gasteiger partial charge is 0.338 e. The maximum atomic E-state index is 12.4. The number of methoxy groups -OCH3 is 1. The van der Waals surface area contributed by atoms with E-state index in [9.17, 15) is 4.79 Å². The van der Waals surface area contributed by atoms with Crippen molar-refractivity contribution in [2.45, 2.75) is 78.2 Å². The van der Waals surface area contributed by atoms with Crippen LogP contribution in [0.5, 0.6) is 5.75 Å². The third-order valence-corrected chi connectivity index (χ3v) is 5.78. The molecule has 140 valence electrons. The number of carbonyl (C=O) groups excluding carboxylic acids is 1. The molecule has 2 rings (SSSR count). The predicted octanol–water partition coefficient (Wildman–Crippen LogP) is 6.02. The highest BCUT2D eigenvalue weighted by Gasteiger charge is 2.32. The molecule has 0 bridgehead atoms. The molecule has 2 atom stereocenters. The number of carbonyl (C=O) groups is 1. The fourth-order valence-corrected chi connectivity index (χ4v) is 4.02. The van der Waals surface area contributed by atoms with Gasteiger partial charge in [-0.1, -0.05) is 40.0 Å². The summed E-state index contributed by atoms with van der Waals surface area (Å²) in [5.74, 6) is 1.28. The van der Waals surface area contributed by atoms with Gasteiger partial charge in [-0.3, -0.25) is 0 Å². The van der Waals surface area contributed by atoms with E-state index in [4.69, 9.17) is 9.47 Å². The zero-order valence-corrected chi connectivity index (χ0v) is 16.3. The molecule has 0 aliphatic heterocycles. The van der Waals surface area contributed by atoms with Gasteiger partial charge in [0.1, 0.15) is 11.9 Å². The molecule has 0 saturated heterocycles. The van der Waals surface area contributed by atoms with Crippen molar-refractivity contribution in [3.63, 3.8) is 0 Å². The van der Waals surface area contributed by atoms with Crippen molar-refractivity contribution in [3.8, 4) is 5.75 Å². The molecule has 0 aromatic heterocycles. The molecule has 1 aliphatic carbocycles. The lowest BCUT2D eigenvalue weighted by atomic mass is 9.67. The Bertz CT molecular complexity index is 533. The molecule has 3 nitrogen and oxygen atoms in total. The topological polar surface area (TPSA) is 35.5 Å². The molecule has 2 unspecified atom stereocenters. The van der Waals surface area contributed by atoms with E-state index < -0.39 is 0 Å². The van der Waals surface area contributed by atoms with Crippen molar-refractivity contribution in [2.24, 2.45) is 11.3 Å². The SMILES string of the molecule is CCCC(CCC1CCCCC1(C)C)OC(=O)c1ccc(OC)cc1. The maximum absolute atomic E-state index is 12.4. The van der Waals surface area contributed by atoms with Gasteiger partial charge in [-0.25, -0.2) is 4.79 Å². The Balaban J connectivity index is 1.91. The van der Waals surface area contributed by atoms with Crippen LogP contribution in [-0.4, -0.2) is 19.2 Å². The number of hydrogen-bond donors (Lipinski definition) is 0. The molecule has 25 heavy (non-hydrogen) atoms. The largest absolute Gasteiger partial charge is 0.497 e. The highest BCUT2D eigenvalue weighted by Crippen LogP contribution is 2.43. The Morgan fingerprint density at radius 2 is 1.92 bits per heavy atom. The number of ether oxygens (including phenoxy) is 2. The molecule has 0 spiro atoms. The fourth-order valence-electron chi connectivity index (χ4n) is 4.02. The Morgan fingerprint density at radius 1 is 1.20 bits per heavy atom. The van der Waals surface area contributed by atoms with E-state index in [0.717, 1.165) is 37.4 Å². The first-order chi connectivity index (χ1) is 12.0. The molecular formula is C22H34O3. The van der Waals surface area contributed by atoms with Crippen molar-refractivity contribution in [3.05, 3.63) is 29.8 Å². The van der Waals surface area contributed by atoms with Gasteiger partial charge in [0.25, 0.3) is 0 Å². The average molecular weight is 347 g/mol. The average Bonchev–Trinajstić information content (AvgIpc) is 2.60. The Hall–Kier alpha value is -1.51. The van der Waals surface area contributed by atoms with Crippen LogP contribution < -0.4 is 4.74 Å². The molecule has 1 aromatic carbocycles. The summed E-state index contributed by atoms with van der Waals surface area (Å²) in [7, 11) is 1.62. The van der Waals surface area contributed by atoms with Crippen LogP contribution in [0.15, 0.2) is 24.3 Å². The summed E-state index contributed by atoms with van der Waals surface area (Å²) in [6, 6.07) is 7.15. The zero-order chi connectivity index (χ0) is 18.3. The van der Waals surface area contributed by atoms with Gasteiger partial charge in [0, 0.05) is 0 Å². The second-order valence-electron chi connectivity index (χ2n) is 8.05. The lowest BCUT2D eigenvalue weighted by molar-refractivity contribution is 0.0207. The van der Waals surface area contributed by atoms with Crippen molar-refractivity contribution in [1.29, 1.82) is 0 Å². The maximum Gasteiger partial charge on any atom is 0.338 e. The van der Waals surface area contributed by atoms with Gasteiger partial charge in [0.05, 0.1) is 12.7 Å². The Morgan fingerprint density at radius 3 is 2.52 bits per heavy atom. The van der Waals surface area contributed by atoms with E-state index in [1.54, 1.807) is 31.4 Å². The predicted molar refractivity (Wildman–Crippen MR) is 102 cm³/mol. The summed E-state index contributed by atoms with van der Waals surface area (Å²) in [5.41, 5.74) is 1.02. The van der Waals surface area contributed by atoms with Crippen LogP contribution in [0.4, 0.5) is 0 Å². The molecule has 0 amide bonds. The van der Waals surface area contributed by atoms with Crippen LogP contribution in [0, 0.1) is 11.3 Å². The van der Waals surface area contributed by atoms with E-state index in [1.165, 1.54) is 25.7 Å². The number of benzene rings is 1. The lowest BCUT2D eigenvalue weighted by Gasteiger charge is -2.39. The van der Waals surface area contributed by atoms with Gasteiger partial charge in [-0.15, -0.1) is 0 Å². The summed E-state index contributed by atoms with van der Waals surface area (Å²) in [5, 5.41) is 0. The fraction of sp³-hybridized carbons (Fsp3) is 0.682. The van der Waals surface area contributed by atoms with Crippen LogP contribution in [0.3, 0.4) is 0 Å². The first kappa shape index (κ1) is 19.8. The van der Waals surface area contributed by atoms with Crippen molar-refractivity contribution in [1.82, 2.24) is 0 Å². The number of esters is 1. The number of rotatable bonds is 8. The monoisotopic (exact) mass is 346 g/mol. The molecule has 3 heteroatoms. The van der Waals surface area contributed by atoms with Gasteiger partial charge in [0.15, 0.2) is 0 Å². The first-order valence-electron chi connectivity index (χ1n) is 9.81. The summed E-state index contributed by atoms with van der Waals surface area (Å²) < 4.78 is 11.0. The van der Waals surface area contributed by atoms with Gasteiger partial charge < -0.3 is 9.47 Å². The second-order valence-corrected chi connectivity index (χ2v) is 8.05. The molecular weight excluding hydrogens is 312 g/mol. The standard InChI is InChI=1S/C22H34O3/c1-5-8-20(15-12-18-9-6-7-16-22(18,2)3)25-21(23)17-10-13-19(24-4)14-11-17/h10-11,13-14,18,20H,5-9,12,15-16H2,1-4H3. The highest BCUT2D eigenvalue weighted by atomic mass is 16.5. The first-order valence-corrected chi connectivity index (χ1v) is 9.81. The van der Waals surface area contributed by atoms with E-state index in [0.29, 0.717) is 11.0 Å². The molecule has 1 saturated carbocycles. The molecule has 1 fully saturated rings. The van der Waals surface area contributed by atoms with Gasteiger partial charge in [-0.2, -0.15) is 0 Å². The summed E-state index contributed by atoms with van der Waals surface area (Å²) >= 11 is 0. The minimum Gasteiger partial charge on any atom is -0.497 e. The third kappa shape index (κ3) is 5.76. The van der Waals surface area contributed by atoms with Crippen molar-refractivity contribution in [2.75, 3.05) is 7.11 Å². The summed E-state index contributed by atoms with van der Waals surface area (Å²) in [6.07, 6.45) is 9.48. The van der Waals surface area contributed by atoms with E-state index >= 15 is 0 Å². The normalized spacial score (nSPS) is 20.7. The molecule has 0 N–H and O–H groups in total. The Kier molecular flexibility index (Phi) is 7.34. The van der Waals surface area contributed by atoms with E-state index in [2.05, 4.69) is 20.8 Å². The molecule has 1 aliphatic rings. The second kappa shape index (κ2) is 9.26. The zero-order valence-electron chi connectivity index (χ0n) is 16.3. The van der Waals surface area contributed by atoms with Crippen LogP contribution in [-0.2, 0) is 4.74 Å². The summed E-state index contributed by atoms with van der Waals surface area (Å²) in [6.45, 7) is 6.95. The Labute approximate surface area is 153 Å². The van der Waals surface area contributed by atoms with Crippen LogP contribution >= 0.6 is 0 Å². The van der Waals surface area contributed by atoms with E-state index in [1.807, 2.05) is 0 Å². The van der Waals surface area contributed by atoms with Crippen molar-refractivity contribution >= 4 is 5.97 Å². The summed E-state index contributed by atoms with van der Waals surface area (Å²) in [4.78, 5) is 12.4. The van der Waals surface area contributed by atoms with Crippen LogP contribution in [0.25, 0.3) is 0 Å². The van der Waals surface area contributed by atoms with Gasteiger partial charge >= 0.3 is 5.97 Å². The molecule has 0 radical (unpaired) electrons. The van der Waals surface area contributed by atoms with Crippen LogP contribution in [0.2, 0.25) is 0 Å². The highest BCUT2D eigenvalue weighted by molar-refractivity contribution is 5.89. The molecule has 0 heterocycles. The van der Waals surface area contributed by atoms with E-state index in [-0.39, 0.29) is 12.1 Å². The van der Waals surface area contributed by atoms with Crippen molar-refractivity contribution < 1.29 is 14.3 Å². The lowest BCUT2D eigenvalue weighted by Crippen LogP contribution is -2.29. The number of hydrogen-bond acceptors (Lipinski definition) is 3.